The molecular weight excluding hydrogens is 342 g/mol. The molecule has 0 unspecified atom stereocenters. The van der Waals surface area contributed by atoms with Crippen molar-refractivity contribution in [2.75, 3.05) is 14.2 Å². The molecule has 2 aromatic heterocycles. The summed E-state index contributed by atoms with van der Waals surface area (Å²) in [6, 6.07) is 13.0. The van der Waals surface area contributed by atoms with E-state index in [0.717, 1.165) is 11.1 Å². The lowest BCUT2D eigenvalue weighted by Gasteiger charge is -2.23. The van der Waals surface area contributed by atoms with Crippen molar-refractivity contribution in [1.29, 1.82) is 0 Å². The molecule has 138 valence electrons. The minimum absolute atomic E-state index is 0.0956. The highest BCUT2D eigenvalue weighted by Crippen LogP contribution is 2.28. The summed E-state index contributed by atoms with van der Waals surface area (Å²) in [5.41, 5.74) is 2.44. The highest BCUT2D eigenvalue weighted by Gasteiger charge is 2.18. The quantitative estimate of drug-likeness (QED) is 0.644. The number of amides is 1. The van der Waals surface area contributed by atoms with Gasteiger partial charge in [-0.1, -0.05) is 12.1 Å². The number of carbonyl (C=O) groups is 1. The molecule has 6 heteroatoms. The Kier molecular flexibility index (Phi) is 5.99. The van der Waals surface area contributed by atoms with E-state index in [-0.39, 0.29) is 5.91 Å². The van der Waals surface area contributed by atoms with Gasteiger partial charge in [-0.15, -0.1) is 0 Å². The van der Waals surface area contributed by atoms with Crippen molar-refractivity contribution < 1.29 is 14.3 Å². The average molecular weight is 363 g/mol. The van der Waals surface area contributed by atoms with Gasteiger partial charge in [-0.05, 0) is 41.5 Å². The zero-order valence-electron chi connectivity index (χ0n) is 15.3. The lowest BCUT2D eigenvalue weighted by Crippen LogP contribution is -2.30. The smallest absolute Gasteiger partial charge is 0.256 e. The van der Waals surface area contributed by atoms with Gasteiger partial charge in [0.05, 0.1) is 19.8 Å². The predicted molar refractivity (Wildman–Crippen MR) is 102 cm³/mol. The second-order valence-electron chi connectivity index (χ2n) is 5.95. The molecule has 6 nitrogen and oxygen atoms in total. The SMILES string of the molecule is COc1ccc(CN(Cc2cccnc2)C(=O)c2cccnc2)cc1OC. The van der Waals surface area contributed by atoms with E-state index in [1.165, 1.54) is 0 Å². The molecule has 0 aliphatic carbocycles. The number of ether oxygens (including phenoxy) is 2. The van der Waals surface area contributed by atoms with Crippen LogP contribution in [0.4, 0.5) is 0 Å². The van der Waals surface area contributed by atoms with E-state index >= 15 is 0 Å². The Hall–Kier alpha value is -3.41. The van der Waals surface area contributed by atoms with Crippen LogP contribution in [-0.2, 0) is 13.1 Å². The van der Waals surface area contributed by atoms with Gasteiger partial charge in [0, 0.05) is 37.9 Å². The standard InChI is InChI=1S/C21H21N3O3/c1-26-19-8-7-16(11-20(19)27-2)14-24(15-17-5-3-9-22-12-17)21(25)18-6-4-10-23-13-18/h3-13H,14-15H2,1-2H3. The van der Waals surface area contributed by atoms with E-state index in [4.69, 9.17) is 9.47 Å². The average Bonchev–Trinajstić information content (AvgIpc) is 2.74. The van der Waals surface area contributed by atoms with Crippen LogP contribution in [0.25, 0.3) is 0 Å². The van der Waals surface area contributed by atoms with E-state index in [2.05, 4.69) is 9.97 Å². The summed E-state index contributed by atoms with van der Waals surface area (Å²) in [4.78, 5) is 23.0. The Morgan fingerprint density at radius 1 is 0.889 bits per heavy atom. The third-order valence-electron chi connectivity index (χ3n) is 4.11. The van der Waals surface area contributed by atoms with Crippen LogP contribution < -0.4 is 9.47 Å². The largest absolute Gasteiger partial charge is 0.493 e. The first-order chi connectivity index (χ1) is 13.2. The monoisotopic (exact) mass is 363 g/mol. The normalized spacial score (nSPS) is 10.3. The molecule has 0 radical (unpaired) electrons. The summed E-state index contributed by atoms with van der Waals surface area (Å²) in [5, 5.41) is 0. The Morgan fingerprint density at radius 3 is 2.22 bits per heavy atom. The molecule has 0 N–H and O–H groups in total. The molecule has 0 aliphatic heterocycles. The molecular formula is C21H21N3O3. The van der Waals surface area contributed by atoms with Gasteiger partial charge in [0.15, 0.2) is 11.5 Å². The van der Waals surface area contributed by atoms with Crippen LogP contribution in [-0.4, -0.2) is 35.0 Å². The van der Waals surface area contributed by atoms with Gasteiger partial charge in [-0.25, -0.2) is 0 Å². The number of pyridine rings is 2. The van der Waals surface area contributed by atoms with Crippen molar-refractivity contribution in [3.63, 3.8) is 0 Å². The maximum Gasteiger partial charge on any atom is 0.256 e. The first-order valence-electron chi connectivity index (χ1n) is 8.50. The highest BCUT2D eigenvalue weighted by molar-refractivity contribution is 5.93. The minimum Gasteiger partial charge on any atom is -0.493 e. The van der Waals surface area contributed by atoms with Crippen LogP contribution in [0, 0.1) is 0 Å². The minimum atomic E-state index is -0.0956. The highest BCUT2D eigenvalue weighted by atomic mass is 16.5. The summed E-state index contributed by atoms with van der Waals surface area (Å²) in [7, 11) is 3.19. The van der Waals surface area contributed by atoms with E-state index in [1.54, 1.807) is 56.0 Å². The molecule has 1 aromatic carbocycles. The third-order valence-corrected chi connectivity index (χ3v) is 4.11. The number of nitrogens with zero attached hydrogens (tertiary/aromatic N) is 3. The fourth-order valence-electron chi connectivity index (χ4n) is 2.78. The molecule has 2 heterocycles. The van der Waals surface area contributed by atoms with Crippen LogP contribution in [0.5, 0.6) is 11.5 Å². The van der Waals surface area contributed by atoms with E-state index < -0.39 is 0 Å². The van der Waals surface area contributed by atoms with Crippen LogP contribution in [0.3, 0.4) is 0 Å². The van der Waals surface area contributed by atoms with Gasteiger partial charge in [-0.3, -0.25) is 14.8 Å². The van der Waals surface area contributed by atoms with E-state index in [1.807, 2.05) is 30.3 Å². The lowest BCUT2D eigenvalue weighted by atomic mass is 10.1. The van der Waals surface area contributed by atoms with Crippen molar-refractivity contribution in [3.8, 4) is 11.5 Å². The summed E-state index contributed by atoms with van der Waals surface area (Å²) in [6.45, 7) is 0.860. The summed E-state index contributed by atoms with van der Waals surface area (Å²) in [6.07, 6.45) is 6.70. The summed E-state index contributed by atoms with van der Waals surface area (Å²) < 4.78 is 10.7. The fraction of sp³-hybridized carbons (Fsp3) is 0.190. The molecule has 0 saturated carbocycles. The number of aromatic nitrogens is 2. The number of methoxy groups -OCH3 is 2. The summed E-state index contributed by atoms with van der Waals surface area (Å²) >= 11 is 0. The molecule has 27 heavy (non-hydrogen) atoms. The number of hydrogen-bond acceptors (Lipinski definition) is 5. The van der Waals surface area contributed by atoms with Crippen molar-refractivity contribution >= 4 is 5.91 Å². The van der Waals surface area contributed by atoms with Gasteiger partial charge in [0.25, 0.3) is 5.91 Å². The Labute approximate surface area is 158 Å². The molecule has 0 fully saturated rings. The second kappa shape index (κ2) is 8.80. The first-order valence-corrected chi connectivity index (χ1v) is 8.50. The van der Waals surface area contributed by atoms with Gasteiger partial charge in [-0.2, -0.15) is 0 Å². The maximum absolute atomic E-state index is 13.0. The fourth-order valence-corrected chi connectivity index (χ4v) is 2.78. The van der Waals surface area contributed by atoms with Crippen LogP contribution in [0.15, 0.2) is 67.3 Å². The molecule has 0 saturated heterocycles. The van der Waals surface area contributed by atoms with E-state index in [0.29, 0.717) is 30.2 Å². The van der Waals surface area contributed by atoms with Gasteiger partial charge in [0.2, 0.25) is 0 Å². The number of hydrogen-bond donors (Lipinski definition) is 0. The van der Waals surface area contributed by atoms with Crippen molar-refractivity contribution in [2.45, 2.75) is 13.1 Å². The maximum atomic E-state index is 13.0. The van der Waals surface area contributed by atoms with Crippen LogP contribution in [0.2, 0.25) is 0 Å². The Balaban J connectivity index is 1.88. The molecule has 3 rings (SSSR count). The third kappa shape index (κ3) is 4.61. The van der Waals surface area contributed by atoms with E-state index in [9.17, 15) is 4.79 Å². The van der Waals surface area contributed by atoms with Gasteiger partial charge < -0.3 is 14.4 Å². The molecule has 3 aromatic rings. The van der Waals surface area contributed by atoms with Gasteiger partial charge in [0.1, 0.15) is 0 Å². The number of carbonyl (C=O) groups excluding carboxylic acids is 1. The second-order valence-corrected chi connectivity index (χ2v) is 5.95. The van der Waals surface area contributed by atoms with Crippen molar-refractivity contribution in [2.24, 2.45) is 0 Å². The lowest BCUT2D eigenvalue weighted by molar-refractivity contribution is 0.0729. The van der Waals surface area contributed by atoms with Gasteiger partial charge >= 0.3 is 0 Å². The zero-order valence-corrected chi connectivity index (χ0v) is 15.3. The zero-order chi connectivity index (χ0) is 19.1. The summed E-state index contributed by atoms with van der Waals surface area (Å²) in [5.74, 6) is 1.19. The number of rotatable bonds is 7. The number of benzene rings is 1. The van der Waals surface area contributed by atoms with Crippen molar-refractivity contribution in [3.05, 3.63) is 83.9 Å². The molecule has 0 aliphatic rings. The molecule has 0 atom stereocenters. The topological polar surface area (TPSA) is 64.5 Å². The van der Waals surface area contributed by atoms with Crippen molar-refractivity contribution in [1.82, 2.24) is 14.9 Å². The van der Waals surface area contributed by atoms with Crippen LogP contribution >= 0.6 is 0 Å². The predicted octanol–water partition coefficient (Wildman–Crippen LogP) is 3.34. The molecule has 0 bridgehead atoms. The Bertz CT molecular complexity index is 886. The molecule has 1 amide bonds. The molecule has 0 spiro atoms. The Morgan fingerprint density at radius 2 is 1.59 bits per heavy atom. The first kappa shape index (κ1) is 18.4. The van der Waals surface area contributed by atoms with Crippen LogP contribution in [0.1, 0.15) is 21.5 Å².